The van der Waals surface area contributed by atoms with Gasteiger partial charge in [-0.15, -0.1) is 0 Å². The molecule has 6 heteroatoms. The van der Waals surface area contributed by atoms with Crippen molar-refractivity contribution in [2.45, 2.75) is 12.5 Å². The molecular weight excluding hydrogens is 218 g/mol. The van der Waals surface area contributed by atoms with Crippen LogP contribution in [0.25, 0.3) is 0 Å². The minimum Gasteiger partial charge on any atom is -0.327 e. The van der Waals surface area contributed by atoms with Gasteiger partial charge in [0.2, 0.25) is 5.91 Å². The lowest BCUT2D eigenvalue weighted by Crippen LogP contribution is -2.55. The second-order valence-corrected chi connectivity index (χ2v) is 4.01. The summed E-state index contributed by atoms with van der Waals surface area (Å²) in [6.07, 6.45) is 3.80. The number of piperazine rings is 1. The van der Waals surface area contributed by atoms with Crippen molar-refractivity contribution < 1.29 is 4.79 Å². The molecule has 0 aliphatic carbocycles. The highest BCUT2D eigenvalue weighted by atomic mass is 16.2. The summed E-state index contributed by atoms with van der Waals surface area (Å²) in [5.41, 5.74) is 2.26. The lowest BCUT2D eigenvalue weighted by atomic mass is 10.1. The van der Waals surface area contributed by atoms with Crippen molar-refractivity contribution in [3.63, 3.8) is 0 Å². The number of aromatic nitrogens is 2. The highest BCUT2D eigenvalue weighted by Crippen LogP contribution is 2.22. The van der Waals surface area contributed by atoms with E-state index in [1.807, 2.05) is 0 Å². The number of amides is 1. The Balaban J connectivity index is 1.84. The van der Waals surface area contributed by atoms with Gasteiger partial charge >= 0.3 is 0 Å². The predicted molar refractivity (Wildman–Crippen MR) is 61.9 cm³/mol. The summed E-state index contributed by atoms with van der Waals surface area (Å²) in [7, 11) is 0. The van der Waals surface area contributed by atoms with E-state index in [9.17, 15) is 4.79 Å². The number of carbonyl (C=O) groups excluding carboxylic acids is 1. The highest BCUT2D eigenvalue weighted by molar-refractivity contribution is 6.12. The van der Waals surface area contributed by atoms with E-state index in [1.54, 1.807) is 12.4 Å². The predicted octanol–water partition coefficient (Wildman–Crippen LogP) is -0.293. The average Bonchev–Trinajstić information content (AvgIpc) is 2.72. The SMILES string of the molecule is C=C1CNC(C2=Nc3nccnc3C2)C(=O)N1. The Morgan fingerprint density at radius 3 is 2.94 bits per heavy atom. The van der Waals surface area contributed by atoms with Gasteiger partial charge in [-0.25, -0.2) is 9.98 Å². The molecule has 0 bridgehead atoms. The lowest BCUT2D eigenvalue weighted by Gasteiger charge is -2.24. The zero-order valence-electron chi connectivity index (χ0n) is 9.10. The number of nitrogens with one attached hydrogen (secondary N) is 2. The number of hydrogen-bond acceptors (Lipinski definition) is 5. The van der Waals surface area contributed by atoms with Crippen molar-refractivity contribution >= 4 is 17.4 Å². The van der Waals surface area contributed by atoms with Crippen LogP contribution in [-0.2, 0) is 11.2 Å². The van der Waals surface area contributed by atoms with Crippen LogP contribution >= 0.6 is 0 Å². The van der Waals surface area contributed by atoms with Crippen molar-refractivity contribution in [2.24, 2.45) is 4.99 Å². The first-order valence-electron chi connectivity index (χ1n) is 5.33. The van der Waals surface area contributed by atoms with Gasteiger partial charge in [0, 0.05) is 31.1 Å². The van der Waals surface area contributed by atoms with E-state index in [0.29, 0.717) is 24.5 Å². The van der Waals surface area contributed by atoms with E-state index in [0.717, 1.165) is 11.4 Å². The third-order valence-electron chi connectivity index (χ3n) is 2.77. The smallest absolute Gasteiger partial charge is 0.247 e. The topological polar surface area (TPSA) is 79.3 Å². The van der Waals surface area contributed by atoms with E-state index < -0.39 is 6.04 Å². The van der Waals surface area contributed by atoms with Crippen LogP contribution in [0.1, 0.15) is 5.69 Å². The van der Waals surface area contributed by atoms with Gasteiger partial charge in [0.25, 0.3) is 0 Å². The normalized spacial score (nSPS) is 23.1. The standard InChI is InChI=1S/C11H11N5O/c1-6-5-14-9(11(17)15-6)7-4-8-10(16-7)13-3-2-12-8/h2-3,9,14H,1,4-5H2,(H,15,17). The summed E-state index contributed by atoms with van der Waals surface area (Å²) in [6, 6.07) is -0.406. The van der Waals surface area contributed by atoms with Gasteiger partial charge in [0.15, 0.2) is 5.82 Å². The van der Waals surface area contributed by atoms with E-state index in [1.165, 1.54) is 0 Å². The summed E-state index contributed by atoms with van der Waals surface area (Å²) >= 11 is 0. The molecule has 1 aromatic heterocycles. The zero-order valence-corrected chi connectivity index (χ0v) is 9.10. The fraction of sp³-hybridized carbons (Fsp3) is 0.273. The minimum atomic E-state index is -0.406. The quantitative estimate of drug-likeness (QED) is 0.693. The molecule has 1 amide bonds. The number of aliphatic imine (C=N–C) groups is 1. The Morgan fingerprint density at radius 2 is 2.18 bits per heavy atom. The van der Waals surface area contributed by atoms with Gasteiger partial charge in [-0.3, -0.25) is 15.1 Å². The number of nitrogens with zero attached hydrogens (tertiary/aromatic N) is 3. The van der Waals surface area contributed by atoms with Gasteiger partial charge in [-0.2, -0.15) is 0 Å². The lowest BCUT2D eigenvalue weighted by molar-refractivity contribution is -0.121. The molecular formula is C11H11N5O. The maximum atomic E-state index is 11.8. The second kappa shape index (κ2) is 3.74. The molecule has 2 N–H and O–H groups in total. The van der Waals surface area contributed by atoms with Crippen molar-refractivity contribution in [3.8, 4) is 0 Å². The molecule has 0 saturated carbocycles. The summed E-state index contributed by atoms with van der Waals surface area (Å²) in [6.45, 7) is 4.27. The first kappa shape index (κ1) is 10.1. The molecule has 3 rings (SSSR count). The Bertz CT molecular complexity index is 536. The monoisotopic (exact) mass is 229 g/mol. The van der Waals surface area contributed by atoms with Crippen LogP contribution in [0.3, 0.4) is 0 Å². The Hall–Kier alpha value is -2.08. The molecule has 2 aliphatic rings. The molecule has 3 heterocycles. The van der Waals surface area contributed by atoms with Gasteiger partial charge in [0.05, 0.1) is 11.4 Å². The number of fused-ring (bicyclic) bond motifs is 1. The molecule has 86 valence electrons. The second-order valence-electron chi connectivity index (χ2n) is 4.01. The summed E-state index contributed by atoms with van der Waals surface area (Å²) in [5.74, 6) is 0.495. The number of carbonyl (C=O) groups is 1. The van der Waals surface area contributed by atoms with E-state index >= 15 is 0 Å². The third kappa shape index (κ3) is 1.72. The van der Waals surface area contributed by atoms with Crippen molar-refractivity contribution in [1.29, 1.82) is 0 Å². The number of hydrogen-bond donors (Lipinski definition) is 2. The molecule has 1 atom stereocenters. The molecule has 2 aliphatic heterocycles. The molecule has 1 saturated heterocycles. The highest BCUT2D eigenvalue weighted by Gasteiger charge is 2.31. The number of rotatable bonds is 1. The maximum absolute atomic E-state index is 11.8. The summed E-state index contributed by atoms with van der Waals surface area (Å²) in [4.78, 5) is 24.4. The molecule has 17 heavy (non-hydrogen) atoms. The minimum absolute atomic E-state index is 0.118. The van der Waals surface area contributed by atoms with Gasteiger partial charge < -0.3 is 5.32 Å². The van der Waals surface area contributed by atoms with Crippen LogP contribution in [0, 0.1) is 0 Å². The first-order chi connectivity index (χ1) is 8.24. The van der Waals surface area contributed by atoms with Crippen molar-refractivity contribution in [1.82, 2.24) is 20.6 Å². The molecule has 0 radical (unpaired) electrons. The van der Waals surface area contributed by atoms with Crippen molar-refractivity contribution in [3.05, 3.63) is 30.4 Å². The Kier molecular flexibility index (Phi) is 2.22. The fourth-order valence-corrected chi connectivity index (χ4v) is 1.97. The Labute approximate surface area is 97.9 Å². The van der Waals surface area contributed by atoms with E-state index in [-0.39, 0.29) is 5.91 Å². The van der Waals surface area contributed by atoms with Gasteiger partial charge in [-0.1, -0.05) is 6.58 Å². The van der Waals surface area contributed by atoms with Crippen LogP contribution in [0.4, 0.5) is 5.82 Å². The van der Waals surface area contributed by atoms with Crippen LogP contribution < -0.4 is 10.6 Å². The summed E-state index contributed by atoms with van der Waals surface area (Å²) < 4.78 is 0. The first-order valence-corrected chi connectivity index (χ1v) is 5.33. The van der Waals surface area contributed by atoms with Gasteiger partial charge in [0.1, 0.15) is 6.04 Å². The van der Waals surface area contributed by atoms with Crippen LogP contribution in [0.2, 0.25) is 0 Å². The van der Waals surface area contributed by atoms with Crippen LogP contribution in [-0.4, -0.2) is 34.2 Å². The fourth-order valence-electron chi connectivity index (χ4n) is 1.97. The Morgan fingerprint density at radius 1 is 1.35 bits per heavy atom. The maximum Gasteiger partial charge on any atom is 0.247 e. The van der Waals surface area contributed by atoms with E-state index in [4.69, 9.17) is 0 Å². The molecule has 6 nitrogen and oxygen atoms in total. The van der Waals surface area contributed by atoms with Crippen LogP contribution in [0.15, 0.2) is 29.7 Å². The van der Waals surface area contributed by atoms with Crippen molar-refractivity contribution in [2.75, 3.05) is 6.54 Å². The molecule has 1 unspecified atom stereocenters. The third-order valence-corrected chi connectivity index (χ3v) is 2.77. The van der Waals surface area contributed by atoms with Crippen LogP contribution in [0.5, 0.6) is 0 Å². The molecule has 0 spiro atoms. The molecule has 1 fully saturated rings. The molecule has 0 aromatic carbocycles. The van der Waals surface area contributed by atoms with E-state index in [2.05, 4.69) is 32.2 Å². The zero-order chi connectivity index (χ0) is 11.8. The average molecular weight is 229 g/mol. The largest absolute Gasteiger partial charge is 0.327 e. The summed E-state index contributed by atoms with van der Waals surface area (Å²) in [5, 5.41) is 5.81. The molecule has 1 aromatic rings. The van der Waals surface area contributed by atoms with Gasteiger partial charge in [-0.05, 0) is 0 Å².